The SMILES string of the molecule is C[C@@H]1CCN2C(=O)C3CN(C)CCC3C(c3ccc(C(=O)N(C)C)cc3)C2C(=O)N(Cc2cc(C(F)(F)F)cc(C(F)(F)F)c2)C1. The summed E-state index contributed by atoms with van der Waals surface area (Å²) in [5, 5.41) is 0. The van der Waals surface area contributed by atoms with Gasteiger partial charge in [0.2, 0.25) is 11.8 Å². The molecule has 250 valence electrons. The number of nitrogens with zero attached hydrogens (tertiary/aromatic N) is 4. The summed E-state index contributed by atoms with van der Waals surface area (Å²) in [4.78, 5) is 47.7. The molecule has 4 unspecified atom stereocenters. The summed E-state index contributed by atoms with van der Waals surface area (Å²) in [6.07, 6.45) is -8.93. The molecule has 0 radical (unpaired) electrons. The highest BCUT2D eigenvalue weighted by atomic mass is 19.4. The molecule has 3 fully saturated rings. The molecule has 5 atom stereocenters. The van der Waals surface area contributed by atoms with E-state index in [9.17, 15) is 40.7 Å². The van der Waals surface area contributed by atoms with Crippen LogP contribution in [0.25, 0.3) is 0 Å². The maximum Gasteiger partial charge on any atom is 0.416 e. The van der Waals surface area contributed by atoms with Crippen molar-refractivity contribution in [2.45, 2.75) is 50.6 Å². The van der Waals surface area contributed by atoms with Crippen molar-refractivity contribution in [2.24, 2.45) is 17.8 Å². The number of amides is 3. The summed E-state index contributed by atoms with van der Waals surface area (Å²) >= 11 is 0. The van der Waals surface area contributed by atoms with Gasteiger partial charge in [-0.05, 0) is 79.7 Å². The van der Waals surface area contributed by atoms with E-state index in [1.807, 2.05) is 14.0 Å². The zero-order valence-corrected chi connectivity index (χ0v) is 26.2. The first-order chi connectivity index (χ1) is 21.5. The van der Waals surface area contributed by atoms with Gasteiger partial charge in [-0.2, -0.15) is 26.3 Å². The van der Waals surface area contributed by atoms with E-state index in [0.29, 0.717) is 50.2 Å². The van der Waals surface area contributed by atoms with Crippen LogP contribution in [0.1, 0.15) is 58.3 Å². The topological polar surface area (TPSA) is 64.2 Å². The van der Waals surface area contributed by atoms with Crippen molar-refractivity contribution in [3.8, 4) is 0 Å². The number of benzene rings is 2. The van der Waals surface area contributed by atoms with E-state index in [-0.39, 0.29) is 41.8 Å². The van der Waals surface area contributed by atoms with Gasteiger partial charge in [0, 0.05) is 51.8 Å². The Bertz CT molecular complexity index is 1440. The highest BCUT2D eigenvalue weighted by Crippen LogP contribution is 2.46. The Kier molecular flexibility index (Phi) is 9.20. The number of likely N-dealkylation sites (tertiary alicyclic amines) is 1. The van der Waals surface area contributed by atoms with Crippen molar-refractivity contribution in [2.75, 3.05) is 47.3 Å². The van der Waals surface area contributed by atoms with Crippen LogP contribution < -0.4 is 0 Å². The molecule has 3 aliphatic rings. The molecule has 0 aliphatic carbocycles. The van der Waals surface area contributed by atoms with E-state index in [1.165, 1.54) is 9.80 Å². The van der Waals surface area contributed by atoms with Crippen LogP contribution in [0.4, 0.5) is 26.3 Å². The molecule has 46 heavy (non-hydrogen) atoms. The third kappa shape index (κ3) is 6.74. The second-order valence-corrected chi connectivity index (χ2v) is 13.2. The van der Waals surface area contributed by atoms with Crippen LogP contribution in [0, 0.1) is 17.8 Å². The molecule has 3 saturated heterocycles. The van der Waals surface area contributed by atoms with Gasteiger partial charge < -0.3 is 19.6 Å². The predicted octanol–water partition coefficient (Wildman–Crippen LogP) is 5.36. The Morgan fingerprint density at radius 1 is 0.870 bits per heavy atom. The van der Waals surface area contributed by atoms with E-state index < -0.39 is 53.8 Å². The number of halogens is 6. The van der Waals surface area contributed by atoms with Gasteiger partial charge in [0.05, 0.1) is 17.0 Å². The Labute approximate surface area is 264 Å². The van der Waals surface area contributed by atoms with E-state index in [2.05, 4.69) is 4.90 Å². The van der Waals surface area contributed by atoms with Crippen LogP contribution in [0.3, 0.4) is 0 Å². The zero-order valence-electron chi connectivity index (χ0n) is 26.2. The first kappa shape index (κ1) is 33.7. The first-order valence-electron chi connectivity index (χ1n) is 15.3. The molecule has 2 aromatic carbocycles. The lowest BCUT2D eigenvalue weighted by Gasteiger charge is -2.53. The van der Waals surface area contributed by atoms with Crippen LogP contribution >= 0.6 is 0 Å². The van der Waals surface area contributed by atoms with Crippen molar-refractivity contribution in [3.05, 3.63) is 70.3 Å². The Morgan fingerprint density at radius 2 is 1.48 bits per heavy atom. The molecule has 7 nitrogen and oxygen atoms in total. The molecule has 0 N–H and O–H groups in total. The molecule has 3 aliphatic heterocycles. The number of hydrogen-bond acceptors (Lipinski definition) is 4. The molecule has 3 heterocycles. The standard InChI is InChI=1S/C33H38F6N4O3/c1-19-9-12-43-28(31(46)42(16-19)17-20-13-23(32(34,35)36)15-24(14-20)33(37,38)39)27(25-10-11-41(4)18-26(25)30(43)45)21-5-7-22(8-6-21)29(44)40(2)3/h5-8,13-15,19,25-28H,9-12,16-18H2,1-4H3/t19-,25?,26?,27?,28?/m1/s1. The summed E-state index contributed by atoms with van der Waals surface area (Å²) in [7, 11) is 5.20. The number of hydrogen-bond donors (Lipinski definition) is 0. The number of piperidine rings is 2. The van der Waals surface area contributed by atoms with Crippen LogP contribution in [-0.2, 0) is 28.5 Å². The predicted molar refractivity (Wildman–Crippen MR) is 157 cm³/mol. The normalized spacial score (nSPS) is 26.3. The fourth-order valence-corrected chi connectivity index (χ4v) is 7.25. The summed E-state index contributed by atoms with van der Waals surface area (Å²) in [5.41, 5.74) is -1.99. The van der Waals surface area contributed by atoms with Gasteiger partial charge in [0.1, 0.15) is 6.04 Å². The lowest BCUT2D eigenvalue weighted by Crippen LogP contribution is -2.65. The third-order valence-electron chi connectivity index (χ3n) is 9.54. The summed E-state index contributed by atoms with van der Waals surface area (Å²) in [6, 6.07) is 7.30. The maximum absolute atomic E-state index is 14.6. The average Bonchev–Trinajstić information content (AvgIpc) is 2.98. The van der Waals surface area contributed by atoms with Crippen molar-refractivity contribution < 1.29 is 40.7 Å². The van der Waals surface area contributed by atoms with E-state index in [4.69, 9.17) is 0 Å². The minimum Gasteiger partial charge on any atom is -0.345 e. The van der Waals surface area contributed by atoms with Crippen LogP contribution in [0.15, 0.2) is 42.5 Å². The quantitative estimate of drug-likeness (QED) is 0.418. The van der Waals surface area contributed by atoms with Gasteiger partial charge in [-0.15, -0.1) is 0 Å². The van der Waals surface area contributed by atoms with Crippen LogP contribution in [-0.4, -0.2) is 90.7 Å². The van der Waals surface area contributed by atoms with Gasteiger partial charge in [-0.25, -0.2) is 0 Å². The zero-order chi connectivity index (χ0) is 33.7. The number of carbonyl (C=O) groups is 3. The fraction of sp³-hybridized carbons (Fsp3) is 0.545. The number of fused-ring (bicyclic) bond motifs is 2. The Morgan fingerprint density at radius 3 is 2.04 bits per heavy atom. The second kappa shape index (κ2) is 12.5. The summed E-state index contributed by atoms with van der Waals surface area (Å²) < 4.78 is 82.0. The van der Waals surface area contributed by atoms with Crippen LogP contribution in [0.2, 0.25) is 0 Å². The van der Waals surface area contributed by atoms with Gasteiger partial charge in [0.25, 0.3) is 5.91 Å². The maximum atomic E-state index is 14.6. The monoisotopic (exact) mass is 652 g/mol. The van der Waals surface area contributed by atoms with Gasteiger partial charge in [-0.1, -0.05) is 19.1 Å². The molecule has 0 spiro atoms. The first-order valence-corrected chi connectivity index (χ1v) is 15.3. The van der Waals surface area contributed by atoms with E-state index in [1.54, 1.807) is 43.3 Å². The molecule has 0 bridgehead atoms. The number of rotatable bonds is 4. The van der Waals surface area contributed by atoms with Gasteiger partial charge >= 0.3 is 12.4 Å². The fourth-order valence-electron chi connectivity index (χ4n) is 7.25. The molecule has 13 heteroatoms. The van der Waals surface area contributed by atoms with Crippen molar-refractivity contribution in [1.29, 1.82) is 0 Å². The lowest BCUT2D eigenvalue weighted by atomic mass is 9.66. The summed E-state index contributed by atoms with van der Waals surface area (Å²) in [5.74, 6) is -2.17. The minimum atomic E-state index is -5.02. The Hall–Kier alpha value is -3.61. The molecular weight excluding hydrogens is 614 g/mol. The molecule has 5 rings (SSSR count). The highest BCUT2D eigenvalue weighted by Gasteiger charge is 2.54. The molecular formula is C33H38F6N4O3. The second-order valence-electron chi connectivity index (χ2n) is 13.2. The molecule has 0 saturated carbocycles. The molecule has 3 amide bonds. The van der Waals surface area contributed by atoms with Gasteiger partial charge in [0.15, 0.2) is 0 Å². The summed E-state index contributed by atoms with van der Waals surface area (Å²) in [6.45, 7) is 2.96. The van der Waals surface area contributed by atoms with E-state index >= 15 is 0 Å². The lowest BCUT2D eigenvalue weighted by molar-refractivity contribution is -0.162. The van der Waals surface area contributed by atoms with Crippen LogP contribution in [0.5, 0.6) is 0 Å². The molecule has 2 aromatic rings. The van der Waals surface area contributed by atoms with Crippen molar-refractivity contribution in [1.82, 2.24) is 19.6 Å². The Balaban J connectivity index is 1.58. The number of alkyl halides is 6. The molecule has 0 aromatic heterocycles. The van der Waals surface area contributed by atoms with Crippen molar-refractivity contribution >= 4 is 17.7 Å². The van der Waals surface area contributed by atoms with Crippen molar-refractivity contribution in [3.63, 3.8) is 0 Å². The smallest absolute Gasteiger partial charge is 0.345 e. The van der Waals surface area contributed by atoms with Gasteiger partial charge in [-0.3, -0.25) is 14.4 Å². The number of carbonyl (C=O) groups excluding carboxylic acids is 3. The average molecular weight is 653 g/mol. The largest absolute Gasteiger partial charge is 0.416 e. The highest BCUT2D eigenvalue weighted by molar-refractivity contribution is 5.94. The minimum absolute atomic E-state index is 0.0733. The third-order valence-corrected chi connectivity index (χ3v) is 9.54. The van der Waals surface area contributed by atoms with E-state index in [0.717, 1.165) is 5.56 Å².